The van der Waals surface area contributed by atoms with E-state index in [-0.39, 0.29) is 28.5 Å². The molecule has 1 amide bonds. The van der Waals surface area contributed by atoms with E-state index in [2.05, 4.69) is 60.7 Å². The Bertz CT molecular complexity index is 2780. The van der Waals surface area contributed by atoms with Gasteiger partial charge in [0.25, 0.3) is 21.6 Å². The molecule has 1 atom stereocenters. The van der Waals surface area contributed by atoms with E-state index in [9.17, 15) is 27.9 Å². The molecule has 0 radical (unpaired) electrons. The van der Waals surface area contributed by atoms with Gasteiger partial charge in [-0.1, -0.05) is 43.2 Å². The Labute approximate surface area is 385 Å². The van der Waals surface area contributed by atoms with Crippen LogP contribution in [0.1, 0.15) is 56.0 Å². The van der Waals surface area contributed by atoms with Gasteiger partial charge in [-0.05, 0) is 97.9 Å². The highest BCUT2D eigenvalue weighted by atomic mass is 35.5. The lowest BCUT2D eigenvalue weighted by Crippen LogP contribution is -2.47. The van der Waals surface area contributed by atoms with Crippen LogP contribution in [0.3, 0.4) is 0 Å². The van der Waals surface area contributed by atoms with Crippen molar-refractivity contribution in [2.75, 3.05) is 81.6 Å². The fourth-order valence-corrected chi connectivity index (χ4v) is 11.6. The summed E-state index contributed by atoms with van der Waals surface area (Å²) in [5.74, 6) is -0.508. The number of halogens is 1. The van der Waals surface area contributed by atoms with Gasteiger partial charge in [-0.15, -0.1) is 0 Å². The van der Waals surface area contributed by atoms with Gasteiger partial charge in [0.1, 0.15) is 22.8 Å². The molecule has 1 aliphatic carbocycles. The van der Waals surface area contributed by atoms with Gasteiger partial charge in [0.05, 0.1) is 28.7 Å². The molecule has 344 valence electrons. The average Bonchev–Trinajstić information content (AvgIpc) is 3.74. The number of aromatic nitrogens is 2. The van der Waals surface area contributed by atoms with Crippen LogP contribution in [0.4, 0.5) is 17.1 Å². The number of allylic oxidation sites excluding steroid dienone is 1. The first-order valence-corrected chi connectivity index (χ1v) is 26.4. The normalized spacial score (nSPS) is 18.6. The number of aromatic amines is 1. The highest BCUT2D eigenvalue weighted by molar-refractivity contribution is 7.90. The van der Waals surface area contributed by atoms with Gasteiger partial charge in [0, 0.05) is 105 Å². The fourth-order valence-electron chi connectivity index (χ4n) is 8.93. The number of pyridine rings is 1. The highest BCUT2D eigenvalue weighted by Gasteiger charge is 2.31. The largest absolute Gasteiger partial charge is 0.455 e. The summed E-state index contributed by atoms with van der Waals surface area (Å²) in [5, 5.41) is 16.8. The zero-order valence-electron chi connectivity index (χ0n) is 37.2. The molecule has 18 heteroatoms. The number of fused-ring (bicyclic) bond motifs is 1. The number of nitrogens with one attached hydrogen (secondary N) is 3. The Hall–Kier alpha value is -5.25. The number of carbonyl (C=O) groups excluding carboxylic acids is 1. The van der Waals surface area contributed by atoms with Crippen molar-refractivity contribution < 1.29 is 27.4 Å². The molecule has 2 saturated heterocycles. The van der Waals surface area contributed by atoms with E-state index < -0.39 is 38.6 Å². The fraction of sp³-hybridized carbons (Fsp3) is 0.404. The number of sulfonamides is 1. The topological polar surface area (TPSA) is 183 Å². The number of nitro groups is 1. The smallest absolute Gasteiger partial charge is 0.293 e. The zero-order chi connectivity index (χ0) is 46.1. The van der Waals surface area contributed by atoms with Gasteiger partial charge >= 0.3 is 0 Å². The van der Waals surface area contributed by atoms with Crippen LogP contribution in [0.25, 0.3) is 16.6 Å². The van der Waals surface area contributed by atoms with Gasteiger partial charge in [-0.3, -0.25) is 24.7 Å². The quantitative estimate of drug-likeness (QED) is 0.0547. The molecule has 0 saturated carbocycles. The molecule has 2 aromatic heterocycles. The van der Waals surface area contributed by atoms with Crippen molar-refractivity contribution in [3.63, 3.8) is 0 Å². The second-order valence-electron chi connectivity index (χ2n) is 18.4. The van der Waals surface area contributed by atoms with Crippen molar-refractivity contribution in [1.82, 2.24) is 24.5 Å². The van der Waals surface area contributed by atoms with Crippen LogP contribution in [0, 0.1) is 15.5 Å². The van der Waals surface area contributed by atoms with E-state index in [1.807, 2.05) is 31.8 Å². The van der Waals surface area contributed by atoms with Crippen LogP contribution in [-0.2, 0) is 14.6 Å². The lowest BCUT2D eigenvalue weighted by atomic mass is 9.72. The molecule has 8 rings (SSSR count). The Morgan fingerprint density at radius 2 is 1.75 bits per heavy atom. The Balaban J connectivity index is 0.986. The number of piperazine rings is 1. The van der Waals surface area contributed by atoms with E-state index in [0.717, 1.165) is 61.1 Å². The number of benzene rings is 3. The lowest BCUT2D eigenvalue weighted by Gasteiger charge is -2.39. The van der Waals surface area contributed by atoms with Crippen LogP contribution in [0.5, 0.6) is 11.5 Å². The number of anilines is 2. The summed E-state index contributed by atoms with van der Waals surface area (Å²) in [4.78, 5) is 39.5. The number of nitrogens with zero attached hydrogens (tertiary/aromatic N) is 5. The first kappa shape index (κ1) is 46.3. The summed E-state index contributed by atoms with van der Waals surface area (Å²) in [6.45, 7) is 14.1. The molecular formula is C47H56ClN8O7PS. The second kappa shape index (κ2) is 18.9. The van der Waals surface area contributed by atoms with Gasteiger partial charge < -0.3 is 24.5 Å². The predicted octanol–water partition coefficient (Wildman–Crippen LogP) is 8.93. The van der Waals surface area contributed by atoms with Crippen molar-refractivity contribution in [2.45, 2.75) is 51.0 Å². The SMILES string of the molecule is CC(CNc1ccc(S(=O)(=O)NC(=O)c2ccc(N3CCN(CC4=C(c5ccc(Cl)cc5)CC(C)(C)CC4)CC3)cc2Oc2cnc3[nH]ccc3c2)cc1[N+](=O)[O-])N1CCP(C)(=O)CC1. The van der Waals surface area contributed by atoms with Crippen LogP contribution in [0.15, 0.2) is 95.7 Å². The maximum atomic E-state index is 14.0. The standard InChI is InChI=1S/C47H56ClN8O7PS/c1-32(54-21-23-64(4,60)24-22-54)29-50-42-12-10-39(27-43(42)56(58)59)65(61,62)52-46(57)40-11-9-37(26-44(40)63-38-25-34-14-16-49-45(34)51-30-38)55-19-17-53(18-20-55)31-35-13-15-47(2,3)28-41(35)33-5-7-36(48)8-6-33/h5-12,14,16,25-27,30,32,50H,13,15,17-24,28-29,31H2,1-4H3,(H,49,51)(H,52,57). The van der Waals surface area contributed by atoms with Crippen LogP contribution in [0.2, 0.25) is 5.02 Å². The predicted molar refractivity (Wildman–Crippen MR) is 258 cm³/mol. The molecule has 3 aromatic carbocycles. The molecule has 3 N–H and O–H groups in total. The third kappa shape index (κ3) is 11.1. The maximum absolute atomic E-state index is 14.0. The highest BCUT2D eigenvalue weighted by Crippen LogP contribution is 2.44. The summed E-state index contributed by atoms with van der Waals surface area (Å²) in [5.41, 5.74) is 5.41. The van der Waals surface area contributed by atoms with E-state index >= 15 is 0 Å². The minimum Gasteiger partial charge on any atom is -0.455 e. The number of carbonyl (C=O) groups is 1. The van der Waals surface area contributed by atoms with E-state index in [4.69, 9.17) is 16.3 Å². The molecule has 3 aliphatic rings. The molecule has 0 spiro atoms. The number of amides is 1. The molecule has 15 nitrogen and oxygen atoms in total. The van der Waals surface area contributed by atoms with Crippen molar-refractivity contribution in [1.29, 1.82) is 0 Å². The minimum absolute atomic E-state index is 0.0160. The Morgan fingerprint density at radius 1 is 1.02 bits per heavy atom. The summed E-state index contributed by atoms with van der Waals surface area (Å²) in [7, 11) is -6.72. The van der Waals surface area contributed by atoms with Crippen molar-refractivity contribution in [3.8, 4) is 11.5 Å². The minimum atomic E-state index is -4.59. The lowest BCUT2D eigenvalue weighted by molar-refractivity contribution is -0.384. The summed E-state index contributed by atoms with van der Waals surface area (Å²) in [6.07, 6.45) is 7.70. The van der Waals surface area contributed by atoms with Crippen LogP contribution >= 0.6 is 18.7 Å². The molecule has 2 fully saturated rings. The first-order valence-electron chi connectivity index (χ1n) is 22.0. The Kier molecular flexibility index (Phi) is 13.5. The van der Waals surface area contributed by atoms with Gasteiger partial charge in [0.15, 0.2) is 0 Å². The van der Waals surface area contributed by atoms with Crippen molar-refractivity contribution >= 4 is 68.3 Å². The van der Waals surface area contributed by atoms with E-state index in [1.54, 1.807) is 24.4 Å². The molecule has 2 aliphatic heterocycles. The summed E-state index contributed by atoms with van der Waals surface area (Å²) in [6, 6.07) is 20.3. The number of nitro benzene ring substituents is 1. The molecule has 5 aromatic rings. The molecule has 4 heterocycles. The summed E-state index contributed by atoms with van der Waals surface area (Å²) < 4.78 is 48.4. The second-order valence-corrected chi connectivity index (χ2v) is 24.0. The molecular weight excluding hydrogens is 887 g/mol. The Morgan fingerprint density at radius 3 is 2.48 bits per heavy atom. The molecule has 0 bridgehead atoms. The third-order valence-corrected chi connectivity index (χ3v) is 16.9. The van der Waals surface area contributed by atoms with Crippen LogP contribution < -0.4 is 19.7 Å². The van der Waals surface area contributed by atoms with Crippen LogP contribution in [-0.4, -0.2) is 116 Å². The maximum Gasteiger partial charge on any atom is 0.293 e. The average molecular weight is 944 g/mol. The monoisotopic (exact) mass is 942 g/mol. The number of ether oxygens (including phenoxy) is 1. The zero-order valence-corrected chi connectivity index (χ0v) is 39.6. The molecule has 65 heavy (non-hydrogen) atoms. The van der Waals surface area contributed by atoms with Gasteiger partial charge in [-0.2, -0.15) is 0 Å². The van der Waals surface area contributed by atoms with Gasteiger partial charge in [-0.25, -0.2) is 18.1 Å². The van der Waals surface area contributed by atoms with E-state index in [1.165, 1.54) is 41.1 Å². The van der Waals surface area contributed by atoms with Gasteiger partial charge in [0.2, 0.25) is 0 Å². The molecule has 1 unspecified atom stereocenters. The number of hydrogen-bond donors (Lipinski definition) is 3. The van der Waals surface area contributed by atoms with Crippen molar-refractivity contribution in [3.05, 3.63) is 117 Å². The van der Waals surface area contributed by atoms with Crippen molar-refractivity contribution in [2.24, 2.45) is 5.41 Å². The number of hydrogen-bond acceptors (Lipinski definition) is 12. The number of rotatable bonds is 14. The van der Waals surface area contributed by atoms with E-state index in [0.29, 0.717) is 56.4 Å². The summed E-state index contributed by atoms with van der Waals surface area (Å²) >= 11 is 6.25. The number of H-pyrrole nitrogens is 1. The first-order chi connectivity index (χ1) is 30.9. The third-order valence-electron chi connectivity index (χ3n) is 13.0.